The van der Waals surface area contributed by atoms with E-state index in [-0.39, 0.29) is 6.03 Å². The average molecular weight is 338 g/mol. The van der Waals surface area contributed by atoms with Gasteiger partial charge in [-0.15, -0.1) is 0 Å². The maximum absolute atomic E-state index is 12.6. The molecule has 0 spiro atoms. The van der Waals surface area contributed by atoms with E-state index in [9.17, 15) is 4.79 Å². The van der Waals surface area contributed by atoms with Crippen LogP contribution in [0.25, 0.3) is 0 Å². The Kier molecular flexibility index (Phi) is 6.39. The van der Waals surface area contributed by atoms with Crippen LogP contribution in [0, 0.1) is 5.41 Å². The fourth-order valence-electron chi connectivity index (χ4n) is 4.65. The Bertz CT molecular complexity index is 405. The molecule has 3 rings (SSSR count). The minimum atomic E-state index is 0.159. The summed E-state index contributed by atoms with van der Waals surface area (Å²) in [5.74, 6) is 0. The van der Waals surface area contributed by atoms with E-state index in [1.807, 2.05) is 4.90 Å². The molecule has 0 unspecified atom stereocenters. The highest BCUT2D eigenvalue weighted by atomic mass is 16.5. The number of hydrogen-bond acceptors (Lipinski definition) is 3. The van der Waals surface area contributed by atoms with Crippen LogP contribution < -0.4 is 5.32 Å². The van der Waals surface area contributed by atoms with Gasteiger partial charge in [0, 0.05) is 52.0 Å². The van der Waals surface area contributed by atoms with E-state index in [2.05, 4.69) is 17.1 Å². The first-order valence-corrected chi connectivity index (χ1v) is 10.1. The third-order valence-corrected chi connectivity index (χ3v) is 6.33. The lowest BCUT2D eigenvalue weighted by Gasteiger charge is -2.42. The molecule has 3 fully saturated rings. The van der Waals surface area contributed by atoms with Gasteiger partial charge >= 0.3 is 6.03 Å². The molecule has 1 N–H and O–H groups in total. The summed E-state index contributed by atoms with van der Waals surface area (Å²) in [5.41, 5.74) is 0.407. The van der Waals surface area contributed by atoms with Gasteiger partial charge in [0.15, 0.2) is 0 Å². The summed E-state index contributed by atoms with van der Waals surface area (Å²) in [6.07, 6.45) is 9.77. The van der Waals surface area contributed by atoms with Gasteiger partial charge in [0.2, 0.25) is 0 Å². The Hall–Kier alpha value is -0.810. The Balaban J connectivity index is 1.44. The van der Waals surface area contributed by atoms with Crippen LogP contribution in [0.15, 0.2) is 0 Å². The molecule has 2 amide bonds. The lowest BCUT2D eigenvalue weighted by Crippen LogP contribution is -2.48. The van der Waals surface area contributed by atoms with Crippen molar-refractivity contribution in [2.75, 3.05) is 45.9 Å². The van der Waals surface area contributed by atoms with Gasteiger partial charge in [-0.1, -0.05) is 19.8 Å². The quantitative estimate of drug-likeness (QED) is 0.839. The van der Waals surface area contributed by atoms with E-state index in [1.165, 1.54) is 32.1 Å². The van der Waals surface area contributed by atoms with E-state index >= 15 is 0 Å². The molecule has 2 saturated heterocycles. The molecule has 3 aliphatic rings. The monoisotopic (exact) mass is 337 g/mol. The van der Waals surface area contributed by atoms with Gasteiger partial charge in [-0.25, -0.2) is 4.79 Å². The lowest BCUT2D eigenvalue weighted by atomic mass is 9.66. The van der Waals surface area contributed by atoms with E-state index in [0.29, 0.717) is 11.5 Å². The van der Waals surface area contributed by atoms with Gasteiger partial charge < -0.3 is 15.0 Å². The van der Waals surface area contributed by atoms with Crippen molar-refractivity contribution in [3.05, 3.63) is 0 Å². The number of rotatable bonds is 5. The molecule has 5 heteroatoms. The van der Waals surface area contributed by atoms with E-state index in [4.69, 9.17) is 4.74 Å². The van der Waals surface area contributed by atoms with Crippen LogP contribution >= 0.6 is 0 Å². The Morgan fingerprint density at radius 1 is 1.12 bits per heavy atom. The van der Waals surface area contributed by atoms with Crippen LogP contribution in [0.5, 0.6) is 0 Å². The Morgan fingerprint density at radius 3 is 2.58 bits per heavy atom. The van der Waals surface area contributed by atoms with Crippen LogP contribution in [-0.2, 0) is 4.74 Å². The van der Waals surface area contributed by atoms with E-state index in [0.717, 1.165) is 65.2 Å². The SMILES string of the molecule is CCCC1(CNC(=O)N2CCCN(C3CCOCC3)CC2)CCC1. The number of hydrogen-bond donors (Lipinski definition) is 1. The molecular formula is C19H35N3O2. The molecule has 0 atom stereocenters. The number of nitrogens with one attached hydrogen (secondary N) is 1. The molecular weight excluding hydrogens is 302 g/mol. The van der Waals surface area contributed by atoms with Crippen molar-refractivity contribution < 1.29 is 9.53 Å². The Labute approximate surface area is 147 Å². The Morgan fingerprint density at radius 2 is 1.92 bits per heavy atom. The van der Waals surface area contributed by atoms with Gasteiger partial charge in [-0.2, -0.15) is 0 Å². The molecule has 1 aliphatic carbocycles. The molecule has 0 aromatic carbocycles. The van der Waals surface area contributed by atoms with Crippen LogP contribution in [0.2, 0.25) is 0 Å². The van der Waals surface area contributed by atoms with Crippen molar-refractivity contribution in [2.24, 2.45) is 5.41 Å². The molecule has 5 nitrogen and oxygen atoms in total. The van der Waals surface area contributed by atoms with Crippen molar-refractivity contribution in [2.45, 2.75) is 64.3 Å². The minimum Gasteiger partial charge on any atom is -0.381 e. The maximum Gasteiger partial charge on any atom is 0.317 e. The summed E-state index contributed by atoms with van der Waals surface area (Å²) in [4.78, 5) is 17.2. The summed E-state index contributed by atoms with van der Waals surface area (Å²) in [5, 5.41) is 3.25. The fourth-order valence-corrected chi connectivity index (χ4v) is 4.65. The molecule has 24 heavy (non-hydrogen) atoms. The van der Waals surface area contributed by atoms with E-state index < -0.39 is 0 Å². The van der Waals surface area contributed by atoms with Crippen molar-refractivity contribution >= 4 is 6.03 Å². The zero-order valence-corrected chi connectivity index (χ0v) is 15.4. The lowest BCUT2D eigenvalue weighted by molar-refractivity contribution is 0.0356. The summed E-state index contributed by atoms with van der Waals surface area (Å²) in [6, 6.07) is 0.816. The van der Waals surface area contributed by atoms with Crippen LogP contribution in [0.3, 0.4) is 0 Å². The van der Waals surface area contributed by atoms with Crippen molar-refractivity contribution in [3.8, 4) is 0 Å². The number of ether oxygens (including phenoxy) is 1. The second kappa shape index (κ2) is 8.52. The van der Waals surface area contributed by atoms with Crippen LogP contribution in [0.1, 0.15) is 58.3 Å². The van der Waals surface area contributed by atoms with Gasteiger partial charge in [0.1, 0.15) is 0 Å². The van der Waals surface area contributed by atoms with Crippen molar-refractivity contribution in [1.29, 1.82) is 0 Å². The predicted octanol–water partition coefficient (Wildman–Crippen LogP) is 2.85. The molecule has 0 radical (unpaired) electrons. The van der Waals surface area contributed by atoms with Gasteiger partial charge in [0.25, 0.3) is 0 Å². The average Bonchev–Trinajstić information content (AvgIpc) is 2.84. The van der Waals surface area contributed by atoms with Crippen LogP contribution in [0.4, 0.5) is 4.79 Å². The highest BCUT2D eigenvalue weighted by molar-refractivity contribution is 5.74. The molecule has 2 aliphatic heterocycles. The van der Waals surface area contributed by atoms with E-state index in [1.54, 1.807) is 0 Å². The third-order valence-electron chi connectivity index (χ3n) is 6.33. The minimum absolute atomic E-state index is 0.159. The fraction of sp³-hybridized carbons (Fsp3) is 0.947. The summed E-state index contributed by atoms with van der Waals surface area (Å²) in [6.45, 7) is 8.81. The topological polar surface area (TPSA) is 44.8 Å². The zero-order chi connectivity index (χ0) is 16.8. The van der Waals surface area contributed by atoms with Gasteiger partial charge in [-0.3, -0.25) is 4.90 Å². The molecule has 138 valence electrons. The number of carbonyl (C=O) groups excluding carboxylic acids is 1. The molecule has 2 heterocycles. The van der Waals surface area contributed by atoms with Gasteiger partial charge in [0.05, 0.1) is 0 Å². The highest BCUT2D eigenvalue weighted by Gasteiger charge is 2.36. The first-order valence-electron chi connectivity index (χ1n) is 10.1. The maximum atomic E-state index is 12.6. The first kappa shape index (κ1) is 18.0. The summed E-state index contributed by atoms with van der Waals surface area (Å²) < 4.78 is 5.48. The second-order valence-electron chi connectivity index (χ2n) is 7.98. The highest BCUT2D eigenvalue weighted by Crippen LogP contribution is 2.44. The van der Waals surface area contributed by atoms with Crippen LogP contribution in [-0.4, -0.2) is 67.8 Å². The standard InChI is InChI=1S/C19H35N3O2/c1-2-7-19(8-3-9-19)16-20-18(23)22-11-4-10-21(12-13-22)17-5-14-24-15-6-17/h17H,2-16H2,1H3,(H,20,23). The number of urea groups is 1. The molecule has 0 aromatic rings. The first-order chi connectivity index (χ1) is 11.7. The molecule has 0 aromatic heterocycles. The second-order valence-corrected chi connectivity index (χ2v) is 7.98. The molecule has 0 bridgehead atoms. The number of amides is 2. The van der Waals surface area contributed by atoms with Crippen molar-refractivity contribution in [1.82, 2.24) is 15.1 Å². The normalized spacial score (nSPS) is 25.8. The predicted molar refractivity (Wildman–Crippen MR) is 96.2 cm³/mol. The smallest absolute Gasteiger partial charge is 0.317 e. The number of carbonyl (C=O) groups is 1. The zero-order valence-electron chi connectivity index (χ0n) is 15.4. The molecule has 1 saturated carbocycles. The van der Waals surface area contributed by atoms with Gasteiger partial charge in [-0.05, 0) is 43.9 Å². The summed E-state index contributed by atoms with van der Waals surface area (Å²) >= 11 is 0. The third kappa shape index (κ3) is 4.42. The number of nitrogens with zero attached hydrogens (tertiary/aromatic N) is 2. The van der Waals surface area contributed by atoms with Crippen molar-refractivity contribution in [3.63, 3.8) is 0 Å². The largest absolute Gasteiger partial charge is 0.381 e. The summed E-state index contributed by atoms with van der Waals surface area (Å²) in [7, 11) is 0.